The molecule has 4 nitrogen and oxygen atoms in total. The smallest absolute Gasteiger partial charge is 0.321 e. The van der Waals surface area contributed by atoms with Gasteiger partial charge >= 0.3 is 5.97 Å². The van der Waals surface area contributed by atoms with Crippen LogP contribution in [0.5, 0.6) is 0 Å². The fourth-order valence-electron chi connectivity index (χ4n) is 0.888. The van der Waals surface area contributed by atoms with E-state index in [1.807, 2.05) is 5.92 Å². The molecule has 0 saturated carbocycles. The van der Waals surface area contributed by atoms with Crippen molar-refractivity contribution >= 4 is 5.97 Å². The Balaban J connectivity index is 4.50. The largest absolute Gasteiger partial charge is 0.480 e. The first-order valence-corrected chi connectivity index (χ1v) is 3.48. The SMILES string of the molecule is C#CC(C(=O)O)C(C)(O)CCO. The van der Waals surface area contributed by atoms with Crippen LogP contribution in [0.15, 0.2) is 0 Å². The summed E-state index contributed by atoms with van der Waals surface area (Å²) in [5, 5.41) is 26.5. The van der Waals surface area contributed by atoms with Gasteiger partial charge in [-0.15, -0.1) is 6.42 Å². The Morgan fingerprint density at radius 2 is 2.25 bits per heavy atom. The Morgan fingerprint density at radius 3 is 2.50 bits per heavy atom. The Kier molecular flexibility index (Phi) is 3.74. The number of terminal acetylenes is 1. The Hall–Kier alpha value is -1.05. The molecule has 0 heterocycles. The molecule has 0 fully saturated rings. The summed E-state index contributed by atoms with van der Waals surface area (Å²) in [6.07, 6.45) is 4.87. The lowest BCUT2D eigenvalue weighted by Gasteiger charge is -2.25. The molecule has 2 unspecified atom stereocenters. The number of hydrogen-bond donors (Lipinski definition) is 3. The van der Waals surface area contributed by atoms with Crippen molar-refractivity contribution in [1.82, 2.24) is 0 Å². The van der Waals surface area contributed by atoms with E-state index >= 15 is 0 Å². The van der Waals surface area contributed by atoms with Crippen LogP contribution in [0.4, 0.5) is 0 Å². The van der Waals surface area contributed by atoms with Gasteiger partial charge in [-0.1, -0.05) is 5.92 Å². The van der Waals surface area contributed by atoms with Gasteiger partial charge < -0.3 is 15.3 Å². The number of rotatable bonds is 4. The number of aliphatic hydroxyl groups excluding tert-OH is 1. The lowest BCUT2D eigenvalue weighted by atomic mass is 9.87. The van der Waals surface area contributed by atoms with E-state index in [0.717, 1.165) is 0 Å². The van der Waals surface area contributed by atoms with Crippen LogP contribution in [0.1, 0.15) is 13.3 Å². The number of carbonyl (C=O) groups is 1. The molecule has 0 aliphatic heterocycles. The zero-order valence-corrected chi connectivity index (χ0v) is 6.82. The highest BCUT2D eigenvalue weighted by atomic mass is 16.4. The van der Waals surface area contributed by atoms with Gasteiger partial charge in [-0.3, -0.25) is 4.79 Å². The van der Waals surface area contributed by atoms with E-state index in [2.05, 4.69) is 0 Å². The predicted molar refractivity (Wildman–Crippen MR) is 42.3 cm³/mol. The third-order valence-corrected chi connectivity index (χ3v) is 1.65. The van der Waals surface area contributed by atoms with Crippen molar-refractivity contribution in [2.45, 2.75) is 18.9 Å². The molecular formula is C8H12O4. The lowest BCUT2D eigenvalue weighted by Crippen LogP contribution is -2.39. The minimum Gasteiger partial charge on any atom is -0.480 e. The highest BCUT2D eigenvalue weighted by Crippen LogP contribution is 2.20. The minimum atomic E-state index is -1.55. The fraction of sp³-hybridized carbons (Fsp3) is 0.625. The van der Waals surface area contributed by atoms with Gasteiger partial charge in [0.1, 0.15) is 5.92 Å². The summed E-state index contributed by atoms with van der Waals surface area (Å²) in [7, 11) is 0. The van der Waals surface area contributed by atoms with Crippen molar-refractivity contribution < 1.29 is 20.1 Å². The summed E-state index contributed by atoms with van der Waals surface area (Å²) in [5.41, 5.74) is -1.55. The molecule has 0 aromatic heterocycles. The van der Waals surface area contributed by atoms with Crippen LogP contribution in [0.3, 0.4) is 0 Å². The van der Waals surface area contributed by atoms with Crippen molar-refractivity contribution in [3.63, 3.8) is 0 Å². The molecule has 0 rings (SSSR count). The topological polar surface area (TPSA) is 77.8 Å². The molecule has 0 spiro atoms. The average molecular weight is 172 g/mol. The Labute approximate surface area is 70.8 Å². The maximum absolute atomic E-state index is 10.5. The van der Waals surface area contributed by atoms with Gasteiger partial charge in [-0.05, 0) is 6.92 Å². The second kappa shape index (κ2) is 4.10. The first kappa shape index (κ1) is 11.0. The predicted octanol–water partition coefficient (Wildman–Crippen LogP) is -0.546. The maximum atomic E-state index is 10.5. The van der Waals surface area contributed by atoms with Gasteiger partial charge in [0.2, 0.25) is 0 Å². The first-order chi connectivity index (χ1) is 5.45. The number of carboxylic acid groups (broad SMARTS) is 1. The van der Waals surface area contributed by atoms with Crippen LogP contribution in [0, 0.1) is 18.3 Å². The lowest BCUT2D eigenvalue weighted by molar-refractivity contribution is -0.147. The van der Waals surface area contributed by atoms with Gasteiger partial charge in [-0.2, -0.15) is 0 Å². The molecule has 4 heteroatoms. The van der Waals surface area contributed by atoms with Gasteiger partial charge in [0.15, 0.2) is 0 Å². The highest BCUT2D eigenvalue weighted by Gasteiger charge is 2.35. The molecule has 0 aliphatic rings. The summed E-state index contributed by atoms with van der Waals surface area (Å²) in [6, 6.07) is 0. The van der Waals surface area contributed by atoms with Crippen molar-refractivity contribution in [2.75, 3.05) is 6.61 Å². The van der Waals surface area contributed by atoms with Crippen molar-refractivity contribution in [3.8, 4) is 12.3 Å². The molecule has 68 valence electrons. The molecule has 3 N–H and O–H groups in total. The monoisotopic (exact) mass is 172 g/mol. The Bertz CT molecular complexity index is 202. The zero-order chi connectivity index (χ0) is 9.78. The Morgan fingerprint density at radius 1 is 1.75 bits per heavy atom. The molecule has 0 saturated heterocycles. The van der Waals surface area contributed by atoms with E-state index in [4.69, 9.17) is 16.6 Å². The second-order valence-electron chi connectivity index (χ2n) is 2.77. The van der Waals surface area contributed by atoms with Crippen LogP contribution in [0.25, 0.3) is 0 Å². The standard InChI is InChI=1S/C8H12O4/c1-3-6(7(10)11)8(2,12)4-5-9/h1,6,9,12H,4-5H2,2H3,(H,10,11). The summed E-state index contributed by atoms with van der Waals surface area (Å²) in [6.45, 7) is 1.00. The van der Waals surface area contributed by atoms with Crippen LogP contribution >= 0.6 is 0 Å². The van der Waals surface area contributed by atoms with Gasteiger partial charge in [0.05, 0.1) is 5.60 Å². The van der Waals surface area contributed by atoms with E-state index in [0.29, 0.717) is 0 Å². The molecule has 12 heavy (non-hydrogen) atoms. The van der Waals surface area contributed by atoms with Gasteiger partial charge in [-0.25, -0.2) is 0 Å². The molecule has 0 bridgehead atoms. The third kappa shape index (κ3) is 2.53. The molecule has 0 amide bonds. The second-order valence-corrected chi connectivity index (χ2v) is 2.77. The molecule has 0 aromatic carbocycles. The number of carboxylic acids is 1. The molecule has 0 aromatic rings. The van der Waals surface area contributed by atoms with Gasteiger partial charge in [0.25, 0.3) is 0 Å². The zero-order valence-electron chi connectivity index (χ0n) is 6.82. The van der Waals surface area contributed by atoms with E-state index < -0.39 is 17.5 Å². The molecule has 2 atom stereocenters. The van der Waals surface area contributed by atoms with Gasteiger partial charge in [0, 0.05) is 13.0 Å². The van der Waals surface area contributed by atoms with Crippen LogP contribution in [-0.2, 0) is 4.79 Å². The average Bonchev–Trinajstić information content (AvgIpc) is 1.86. The number of aliphatic carboxylic acids is 1. The van der Waals surface area contributed by atoms with Crippen LogP contribution < -0.4 is 0 Å². The number of hydrogen-bond acceptors (Lipinski definition) is 3. The van der Waals surface area contributed by atoms with Crippen molar-refractivity contribution in [2.24, 2.45) is 5.92 Å². The third-order valence-electron chi connectivity index (χ3n) is 1.65. The molecule has 0 radical (unpaired) electrons. The van der Waals surface area contributed by atoms with E-state index in [9.17, 15) is 9.90 Å². The summed E-state index contributed by atoms with van der Waals surface area (Å²) in [5.74, 6) is -0.561. The van der Waals surface area contributed by atoms with E-state index in [-0.39, 0.29) is 13.0 Å². The molecular weight excluding hydrogens is 160 g/mol. The highest BCUT2D eigenvalue weighted by molar-refractivity contribution is 5.74. The summed E-state index contributed by atoms with van der Waals surface area (Å²) < 4.78 is 0. The van der Waals surface area contributed by atoms with Crippen LogP contribution in [0.2, 0.25) is 0 Å². The molecule has 0 aliphatic carbocycles. The van der Waals surface area contributed by atoms with E-state index in [1.54, 1.807) is 0 Å². The first-order valence-electron chi connectivity index (χ1n) is 3.48. The summed E-state index contributed by atoms with van der Waals surface area (Å²) in [4.78, 5) is 10.5. The van der Waals surface area contributed by atoms with Crippen molar-refractivity contribution in [1.29, 1.82) is 0 Å². The van der Waals surface area contributed by atoms with Crippen molar-refractivity contribution in [3.05, 3.63) is 0 Å². The normalized spacial score (nSPS) is 17.5. The minimum absolute atomic E-state index is 0.0475. The number of aliphatic hydroxyl groups is 2. The van der Waals surface area contributed by atoms with Crippen LogP contribution in [-0.4, -0.2) is 33.5 Å². The fourth-order valence-corrected chi connectivity index (χ4v) is 0.888. The quantitative estimate of drug-likeness (QED) is 0.497. The maximum Gasteiger partial charge on any atom is 0.321 e. The van der Waals surface area contributed by atoms with E-state index in [1.165, 1.54) is 6.92 Å². The summed E-state index contributed by atoms with van der Waals surface area (Å²) >= 11 is 0.